The highest BCUT2D eigenvalue weighted by atomic mass is 35.5. The smallest absolute Gasteiger partial charge is 0.316 e. The van der Waals surface area contributed by atoms with E-state index in [1.165, 1.54) is 12.4 Å². The van der Waals surface area contributed by atoms with Gasteiger partial charge in [-0.2, -0.15) is 0 Å². The average Bonchev–Trinajstić information content (AvgIpc) is 2.64. The molecule has 152 valence electrons. The first kappa shape index (κ1) is 21.0. The number of hydrogen-bond donors (Lipinski definition) is 1. The Morgan fingerprint density at radius 3 is 2.14 bits per heavy atom. The minimum absolute atomic E-state index is 0.0120. The number of benzene rings is 1. The van der Waals surface area contributed by atoms with Crippen molar-refractivity contribution in [2.75, 3.05) is 0 Å². The molecular weight excluding hydrogens is 398 g/mol. The lowest BCUT2D eigenvalue weighted by molar-refractivity contribution is 0.132. The molecule has 1 aliphatic rings. The van der Waals surface area contributed by atoms with Gasteiger partial charge < -0.3 is 4.74 Å². The predicted molar refractivity (Wildman–Crippen MR) is 109 cm³/mol. The Morgan fingerprint density at radius 1 is 1.04 bits per heavy atom. The van der Waals surface area contributed by atoms with Gasteiger partial charge in [0.1, 0.15) is 6.10 Å². The van der Waals surface area contributed by atoms with Crippen LogP contribution in [0.3, 0.4) is 0 Å². The zero-order valence-corrected chi connectivity index (χ0v) is 17.9. The van der Waals surface area contributed by atoms with Crippen molar-refractivity contribution in [2.45, 2.75) is 68.9 Å². The highest BCUT2D eigenvalue weighted by molar-refractivity contribution is 7.89. The van der Waals surface area contributed by atoms with Gasteiger partial charge in [0.25, 0.3) is 0 Å². The molecule has 0 amide bonds. The van der Waals surface area contributed by atoms with E-state index in [0.29, 0.717) is 28.8 Å². The van der Waals surface area contributed by atoms with E-state index < -0.39 is 10.0 Å². The van der Waals surface area contributed by atoms with Crippen LogP contribution in [0, 0.1) is 0 Å². The fourth-order valence-electron chi connectivity index (χ4n) is 3.23. The van der Waals surface area contributed by atoms with E-state index in [-0.39, 0.29) is 17.6 Å². The molecule has 1 N–H and O–H groups in total. The summed E-state index contributed by atoms with van der Waals surface area (Å²) in [6.45, 7) is 6.30. The van der Waals surface area contributed by atoms with Crippen LogP contribution in [0.15, 0.2) is 41.6 Å². The van der Waals surface area contributed by atoms with E-state index >= 15 is 0 Å². The fourth-order valence-corrected chi connectivity index (χ4v) is 4.63. The summed E-state index contributed by atoms with van der Waals surface area (Å²) in [7, 11) is -3.53. The monoisotopic (exact) mass is 423 g/mol. The molecule has 1 aromatic heterocycles. The van der Waals surface area contributed by atoms with Gasteiger partial charge in [0.2, 0.25) is 10.0 Å². The summed E-state index contributed by atoms with van der Waals surface area (Å²) in [6, 6.07) is 7.31. The Morgan fingerprint density at radius 2 is 1.61 bits per heavy atom. The van der Waals surface area contributed by atoms with Gasteiger partial charge in [0.15, 0.2) is 0 Å². The molecule has 1 aliphatic carbocycles. The number of ether oxygens (including phenoxy) is 1. The van der Waals surface area contributed by atoms with E-state index in [0.717, 1.165) is 18.4 Å². The van der Waals surface area contributed by atoms with Crippen LogP contribution in [0.25, 0.3) is 0 Å². The number of nitrogens with zero attached hydrogens (tertiary/aromatic N) is 2. The molecule has 0 aliphatic heterocycles. The molecule has 3 rings (SSSR count). The van der Waals surface area contributed by atoms with Crippen molar-refractivity contribution in [3.8, 4) is 6.01 Å². The first-order valence-corrected chi connectivity index (χ1v) is 11.3. The Labute approximate surface area is 171 Å². The molecule has 0 spiro atoms. The van der Waals surface area contributed by atoms with Crippen LogP contribution in [-0.2, 0) is 15.4 Å². The van der Waals surface area contributed by atoms with Gasteiger partial charge in [-0.05, 0) is 48.8 Å². The van der Waals surface area contributed by atoms with Crippen molar-refractivity contribution in [2.24, 2.45) is 0 Å². The van der Waals surface area contributed by atoms with Gasteiger partial charge in [0.05, 0.1) is 22.3 Å². The van der Waals surface area contributed by atoms with E-state index in [1.807, 2.05) is 12.1 Å². The maximum atomic E-state index is 12.7. The molecule has 0 saturated heterocycles. The zero-order chi connectivity index (χ0) is 20.4. The second-order valence-electron chi connectivity index (χ2n) is 8.17. The third-order valence-corrected chi connectivity index (χ3v) is 6.63. The first-order chi connectivity index (χ1) is 13.1. The van der Waals surface area contributed by atoms with Crippen molar-refractivity contribution >= 4 is 21.6 Å². The lowest BCUT2D eigenvalue weighted by Gasteiger charge is -2.28. The quantitative estimate of drug-likeness (QED) is 0.783. The van der Waals surface area contributed by atoms with Crippen LogP contribution >= 0.6 is 11.6 Å². The minimum atomic E-state index is -3.53. The highest BCUT2D eigenvalue weighted by Gasteiger charge is 2.27. The SMILES string of the molecule is CC(C)(C)c1ccc(S(=O)(=O)NC2CCC(Oc3ncc(Cl)cn3)CC2)cc1. The van der Waals surface area contributed by atoms with Gasteiger partial charge in [0, 0.05) is 6.04 Å². The van der Waals surface area contributed by atoms with E-state index in [9.17, 15) is 8.42 Å². The highest BCUT2D eigenvalue weighted by Crippen LogP contribution is 2.26. The molecule has 0 bridgehead atoms. The molecule has 0 unspecified atom stereocenters. The molecule has 1 saturated carbocycles. The Hall–Kier alpha value is -1.70. The van der Waals surface area contributed by atoms with Crippen molar-refractivity contribution in [1.82, 2.24) is 14.7 Å². The predicted octanol–water partition coefficient (Wildman–Crippen LogP) is 4.10. The van der Waals surface area contributed by atoms with Crippen LogP contribution in [0.1, 0.15) is 52.0 Å². The zero-order valence-electron chi connectivity index (χ0n) is 16.4. The van der Waals surface area contributed by atoms with Gasteiger partial charge in [-0.25, -0.2) is 23.1 Å². The van der Waals surface area contributed by atoms with Crippen LogP contribution in [0.4, 0.5) is 0 Å². The molecule has 8 heteroatoms. The van der Waals surface area contributed by atoms with Crippen LogP contribution in [0.5, 0.6) is 6.01 Å². The van der Waals surface area contributed by atoms with E-state index in [4.69, 9.17) is 16.3 Å². The Bertz CT molecular complexity index is 886. The summed E-state index contributed by atoms with van der Waals surface area (Å²) >= 11 is 5.77. The topological polar surface area (TPSA) is 81.2 Å². The molecule has 6 nitrogen and oxygen atoms in total. The number of nitrogens with one attached hydrogen (secondary N) is 1. The van der Waals surface area contributed by atoms with E-state index in [1.54, 1.807) is 12.1 Å². The standard InChI is InChI=1S/C20H26ClN3O3S/c1-20(2,3)14-4-10-18(11-5-14)28(25,26)24-16-6-8-17(9-7-16)27-19-22-12-15(21)13-23-19/h4-5,10-13,16-17,24H,6-9H2,1-3H3. The number of halogens is 1. The maximum absolute atomic E-state index is 12.7. The van der Waals surface area contributed by atoms with Gasteiger partial charge >= 0.3 is 6.01 Å². The van der Waals surface area contributed by atoms with Crippen molar-refractivity contribution < 1.29 is 13.2 Å². The Kier molecular flexibility index (Phi) is 6.27. The van der Waals surface area contributed by atoms with E-state index in [2.05, 4.69) is 35.5 Å². The van der Waals surface area contributed by atoms with Crippen molar-refractivity contribution in [1.29, 1.82) is 0 Å². The number of rotatable bonds is 5. The molecule has 2 aromatic rings. The summed E-state index contributed by atoms with van der Waals surface area (Å²) < 4.78 is 34.0. The summed E-state index contributed by atoms with van der Waals surface area (Å²) in [5, 5.41) is 0.459. The Balaban J connectivity index is 1.55. The largest absolute Gasteiger partial charge is 0.460 e. The average molecular weight is 424 g/mol. The molecule has 1 heterocycles. The van der Waals surface area contributed by atoms with Gasteiger partial charge in [-0.3, -0.25) is 0 Å². The molecule has 28 heavy (non-hydrogen) atoms. The first-order valence-electron chi connectivity index (χ1n) is 9.40. The van der Waals surface area contributed by atoms with Crippen molar-refractivity contribution in [3.05, 3.63) is 47.2 Å². The van der Waals surface area contributed by atoms with Gasteiger partial charge in [-0.15, -0.1) is 0 Å². The van der Waals surface area contributed by atoms with Gasteiger partial charge in [-0.1, -0.05) is 44.5 Å². The van der Waals surface area contributed by atoms with Crippen LogP contribution in [-0.4, -0.2) is 30.5 Å². The molecule has 1 fully saturated rings. The molecular formula is C20H26ClN3O3S. The normalized spacial score (nSPS) is 20.7. The lowest BCUT2D eigenvalue weighted by atomic mass is 9.87. The van der Waals surface area contributed by atoms with Crippen LogP contribution in [0.2, 0.25) is 5.02 Å². The summed E-state index contributed by atoms with van der Waals surface area (Å²) in [5.74, 6) is 0. The second-order valence-corrected chi connectivity index (χ2v) is 10.3. The van der Waals surface area contributed by atoms with Crippen LogP contribution < -0.4 is 9.46 Å². The summed E-state index contributed by atoms with van der Waals surface area (Å²) in [4.78, 5) is 8.38. The lowest BCUT2D eigenvalue weighted by Crippen LogP contribution is -2.39. The summed E-state index contributed by atoms with van der Waals surface area (Å²) in [5.41, 5.74) is 1.09. The third kappa shape index (κ3) is 5.43. The number of sulfonamides is 1. The number of hydrogen-bond acceptors (Lipinski definition) is 5. The molecule has 0 atom stereocenters. The fraction of sp³-hybridized carbons (Fsp3) is 0.500. The molecule has 1 aromatic carbocycles. The maximum Gasteiger partial charge on any atom is 0.316 e. The second kappa shape index (κ2) is 8.35. The number of aromatic nitrogens is 2. The summed E-state index contributed by atoms with van der Waals surface area (Å²) in [6.07, 6.45) is 5.86. The molecule has 0 radical (unpaired) electrons. The minimum Gasteiger partial charge on any atom is -0.460 e. The van der Waals surface area contributed by atoms with Crippen molar-refractivity contribution in [3.63, 3.8) is 0 Å². The third-order valence-electron chi connectivity index (χ3n) is 4.90.